The summed E-state index contributed by atoms with van der Waals surface area (Å²) < 4.78 is 11.0. The Labute approximate surface area is 243 Å². The minimum Gasteiger partial charge on any atom is -0.484 e. The second-order valence-electron chi connectivity index (χ2n) is 12.0. The summed E-state index contributed by atoms with van der Waals surface area (Å²) in [6.07, 6.45) is 12.7. The fourth-order valence-electron chi connectivity index (χ4n) is 6.81. The molecule has 3 atom stereocenters. The van der Waals surface area contributed by atoms with Crippen LogP contribution in [-0.4, -0.2) is 53.2 Å². The Morgan fingerprint density at radius 3 is 2.76 bits per heavy atom. The van der Waals surface area contributed by atoms with Crippen molar-refractivity contribution < 1.29 is 23.8 Å². The van der Waals surface area contributed by atoms with Gasteiger partial charge in [-0.3, -0.25) is 9.59 Å². The molecule has 2 aromatic rings. The monoisotopic (exact) mass is 568 g/mol. The molecule has 1 saturated heterocycles. The zero-order chi connectivity index (χ0) is 29.2. The number of carbonyl (C=O) groups is 2. The summed E-state index contributed by atoms with van der Waals surface area (Å²) in [7, 11) is 0. The van der Waals surface area contributed by atoms with E-state index < -0.39 is 5.60 Å². The minimum atomic E-state index is -0.586. The lowest BCUT2D eigenvalue weighted by Crippen LogP contribution is -2.60. The van der Waals surface area contributed by atoms with Crippen molar-refractivity contribution >= 4 is 22.8 Å². The molecule has 1 aromatic carbocycles. The van der Waals surface area contributed by atoms with E-state index in [9.17, 15) is 19.5 Å². The van der Waals surface area contributed by atoms with Crippen molar-refractivity contribution in [2.24, 2.45) is 5.92 Å². The van der Waals surface area contributed by atoms with Crippen molar-refractivity contribution in [3.05, 3.63) is 40.2 Å². The van der Waals surface area contributed by atoms with Crippen LogP contribution in [-0.2, 0) is 16.0 Å². The highest BCUT2D eigenvalue weighted by molar-refractivity contribution is 5.82. The number of unbranched alkanes of at least 4 members (excludes halogenated alkanes) is 3. The number of aliphatic hydroxyl groups is 1. The summed E-state index contributed by atoms with van der Waals surface area (Å²) in [5, 5.41) is 15.0. The Kier molecular flexibility index (Phi) is 11.3. The molecular weight excluding hydrogens is 520 g/mol. The largest absolute Gasteiger partial charge is 0.484 e. The number of nitrogens with zero attached hydrogens (tertiary/aromatic N) is 1. The molecule has 0 spiro atoms. The van der Waals surface area contributed by atoms with Crippen molar-refractivity contribution in [3.8, 4) is 5.75 Å². The van der Waals surface area contributed by atoms with E-state index in [0.717, 1.165) is 88.0 Å². The van der Waals surface area contributed by atoms with Crippen molar-refractivity contribution in [1.82, 2.24) is 10.2 Å². The molecule has 1 aliphatic heterocycles. The molecule has 0 bridgehead atoms. The minimum absolute atomic E-state index is 0.121. The number of hydrogen-bond donors (Lipinski definition) is 2. The Bertz CT molecular complexity index is 1230. The van der Waals surface area contributed by atoms with Crippen LogP contribution < -0.4 is 15.7 Å². The molecule has 8 nitrogen and oxygen atoms in total. The normalized spacial score (nSPS) is 22.4. The number of nitrogens with one attached hydrogen (secondary N) is 1. The van der Waals surface area contributed by atoms with Crippen LogP contribution in [0.4, 0.5) is 0 Å². The Morgan fingerprint density at radius 2 is 1.95 bits per heavy atom. The van der Waals surface area contributed by atoms with E-state index in [4.69, 9.17) is 9.15 Å². The van der Waals surface area contributed by atoms with E-state index in [1.165, 1.54) is 6.07 Å². The maximum atomic E-state index is 13.2. The van der Waals surface area contributed by atoms with E-state index >= 15 is 0 Å². The van der Waals surface area contributed by atoms with Crippen LogP contribution in [0.3, 0.4) is 0 Å². The highest BCUT2D eigenvalue weighted by Crippen LogP contribution is 2.44. The molecular formula is C33H48N2O6. The summed E-state index contributed by atoms with van der Waals surface area (Å²) in [5.41, 5.74) is 0.441. The van der Waals surface area contributed by atoms with Crippen LogP contribution in [0, 0.1) is 5.92 Å². The van der Waals surface area contributed by atoms with Gasteiger partial charge in [0, 0.05) is 49.0 Å². The number of ether oxygens (including phenoxy) is 1. The van der Waals surface area contributed by atoms with E-state index in [2.05, 4.69) is 24.1 Å². The molecule has 8 heteroatoms. The predicted molar refractivity (Wildman–Crippen MR) is 160 cm³/mol. The van der Waals surface area contributed by atoms with E-state index in [1.807, 2.05) is 6.07 Å². The molecule has 1 saturated carbocycles. The van der Waals surface area contributed by atoms with Crippen LogP contribution in [0.15, 0.2) is 33.5 Å². The van der Waals surface area contributed by atoms with Gasteiger partial charge >= 0.3 is 5.63 Å². The SMILES string of the molecule is CCCC[C@@H]1[C@H]2CCCC[C@@]2(O)CCN1C(=O)CCCCCNC(=O)COc1ccc2c(CCC)cc(=O)oc2c1. The Morgan fingerprint density at radius 1 is 1.10 bits per heavy atom. The third kappa shape index (κ3) is 8.12. The van der Waals surface area contributed by atoms with E-state index in [-0.39, 0.29) is 36.0 Å². The molecule has 4 rings (SSSR count). The lowest BCUT2D eigenvalue weighted by Gasteiger charge is -2.52. The van der Waals surface area contributed by atoms with Gasteiger partial charge in [-0.2, -0.15) is 0 Å². The van der Waals surface area contributed by atoms with Crippen LogP contribution >= 0.6 is 0 Å². The van der Waals surface area contributed by atoms with Crippen LogP contribution in [0.1, 0.15) is 103 Å². The van der Waals surface area contributed by atoms with Crippen molar-refractivity contribution in [2.75, 3.05) is 19.7 Å². The average Bonchev–Trinajstić information content (AvgIpc) is 2.96. The van der Waals surface area contributed by atoms with Crippen LogP contribution in [0.5, 0.6) is 5.75 Å². The fraction of sp³-hybridized carbons (Fsp3) is 0.667. The fourth-order valence-corrected chi connectivity index (χ4v) is 6.81. The predicted octanol–water partition coefficient (Wildman–Crippen LogP) is 5.51. The molecule has 2 N–H and O–H groups in total. The summed E-state index contributed by atoms with van der Waals surface area (Å²) in [5.74, 6) is 0.688. The number of amides is 2. The second-order valence-corrected chi connectivity index (χ2v) is 12.0. The topological polar surface area (TPSA) is 109 Å². The van der Waals surface area contributed by atoms with Gasteiger partial charge in [0.15, 0.2) is 6.61 Å². The Hall–Kier alpha value is -2.87. The van der Waals surface area contributed by atoms with E-state index in [0.29, 0.717) is 37.3 Å². The molecule has 2 amide bonds. The van der Waals surface area contributed by atoms with Gasteiger partial charge in [0.2, 0.25) is 5.91 Å². The molecule has 2 fully saturated rings. The van der Waals surface area contributed by atoms with Crippen LogP contribution in [0.2, 0.25) is 0 Å². The standard InChI is InChI=1S/C33H48N2O6/c1-3-5-13-28-27-12-8-9-17-33(27,39)18-20-35(28)31(37)14-7-6-10-19-34-30(36)23-40-25-15-16-26-24(11-4-2)21-32(38)41-29(26)22-25/h15-16,21-22,27-28,39H,3-14,17-20,23H2,1-2H3,(H,34,36)/t27-,28-,33-/m1/s1. The van der Waals surface area contributed by atoms with Gasteiger partial charge in [-0.25, -0.2) is 4.79 Å². The summed E-state index contributed by atoms with van der Waals surface area (Å²) >= 11 is 0. The zero-order valence-electron chi connectivity index (χ0n) is 24.9. The van der Waals surface area contributed by atoms with Gasteiger partial charge in [-0.05, 0) is 62.6 Å². The second kappa shape index (κ2) is 14.9. The number of likely N-dealkylation sites (tertiary alicyclic amines) is 1. The first-order chi connectivity index (χ1) is 19.8. The first-order valence-corrected chi connectivity index (χ1v) is 15.8. The number of piperidine rings is 1. The van der Waals surface area contributed by atoms with Gasteiger partial charge in [-0.1, -0.05) is 52.4 Å². The van der Waals surface area contributed by atoms with Crippen molar-refractivity contribution in [3.63, 3.8) is 0 Å². The summed E-state index contributed by atoms with van der Waals surface area (Å²) in [6.45, 7) is 5.32. The number of fused-ring (bicyclic) bond motifs is 2. The zero-order valence-corrected chi connectivity index (χ0v) is 24.9. The number of hydrogen-bond acceptors (Lipinski definition) is 6. The molecule has 2 aliphatic rings. The first kappa shape index (κ1) is 31.1. The number of rotatable bonds is 14. The summed E-state index contributed by atoms with van der Waals surface area (Å²) in [6, 6.07) is 7.01. The van der Waals surface area contributed by atoms with Gasteiger partial charge in [0.25, 0.3) is 5.91 Å². The van der Waals surface area contributed by atoms with Gasteiger partial charge in [-0.15, -0.1) is 0 Å². The van der Waals surface area contributed by atoms with Gasteiger partial charge in [0.05, 0.1) is 5.60 Å². The van der Waals surface area contributed by atoms with Crippen molar-refractivity contribution in [2.45, 2.75) is 115 Å². The maximum absolute atomic E-state index is 13.2. The Balaban J connectivity index is 1.16. The van der Waals surface area contributed by atoms with E-state index in [1.54, 1.807) is 12.1 Å². The first-order valence-electron chi connectivity index (χ1n) is 15.8. The van der Waals surface area contributed by atoms with Crippen molar-refractivity contribution in [1.29, 1.82) is 0 Å². The van der Waals surface area contributed by atoms with Gasteiger partial charge in [0.1, 0.15) is 11.3 Å². The molecule has 0 unspecified atom stereocenters. The number of aryl methyl sites for hydroxylation is 1. The molecule has 2 heterocycles. The highest BCUT2D eigenvalue weighted by atomic mass is 16.5. The molecule has 41 heavy (non-hydrogen) atoms. The lowest BCUT2D eigenvalue weighted by molar-refractivity contribution is -0.155. The highest BCUT2D eigenvalue weighted by Gasteiger charge is 2.48. The third-order valence-electron chi connectivity index (χ3n) is 8.97. The van der Waals surface area contributed by atoms with Crippen LogP contribution in [0.25, 0.3) is 11.0 Å². The average molecular weight is 569 g/mol. The smallest absolute Gasteiger partial charge is 0.336 e. The lowest BCUT2D eigenvalue weighted by atomic mass is 9.66. The number of benzene rings is 1. The van der Waals surface area contributed by atoms with Gasteiger partial charge < -0.3 is 24.5 Å². The third-order valence-corrected chi connectivity index (χ3v) is 8.97. The molecule has 0 radical (unpaired) electrons. The molecule has 226 valence electrons. The maximum Gasteiger partial charge on any atom is 0.336 e. The number of carbonyl (C=O) groups excluding carboxylic acids is 2. The molecule has 1 aromatic heterocycles. The quantitative estimate of drug-likeness (QED) is 0.230. The molecule has 1 aliphatic carbocycles. The summed E-state index contributed by atoms with van der Waals surface area (Å²) in [4.78, 5) is 39.5.